The summed E-state index contributed by atoms with van der Waals surface area (Å²) in [7, 11) is 0. The number of hydrogen-bond acceptors (Lipinski definition) is 5. The van der Waals surface area contributed by atoms with E-state index in [2.05, 4.69) is 16.8 Å². The van der Waals surface area contributed by atoms with Crippen molar-refractivity contribution < 1.29 is 9.84 Å². The second kappa shape index (κ2) is 5.99. The van der Waals surface area contributed by atoms with Gasteiger partial charge >= 0.3 is 0 Å². The Morgan fingerprint density at radius 3 is 2.89 bits per heavy atom. The molecule has 2 atom stereocenters. The van der Waals surface area contributed by atoms with Gasteiger partial charge in [-0.2, -0.15) is 0 Å². The van der Waals surface area contributed by atoms with Gasteiger partial charge in [0.15, 0.2) is 5.13 Å². The molecule has 0 aromatic carbocycles. The molecular weight excluding hydrogens is 248 g/mol. The number of likely N-dealkylation sites (N-methyl/N-ethyl adjacent to an activating group) is 1. The van der Waals surface area contributed by atoms with E-state index >= 15 is 0 Å². The Balaban J connectivity index is 2.09. The average Bonchev–Trinajstić information content (AvgIpc) is 2.94. The maximum absolute atomic E-state index is 9.68. The van der Waals surface area contributed by atoms with Crippen LogP contribution in [0.5, 0.6) is 0 Å². The van der Waals surface area contributed by atoms with Crippen LogP contribution in [-0.2, 0) is 4.74 Å². The monoisotopic (exact) mass is 270 g/mol. The number of anilines is 1. The van der Waals surface area contributed by atoms with Crippen LogP contribution >= 0.6 is 11.3 Å². The maximum Gasteiger partial charge on any atom is 0.185 e. The first-order valence-corrected chi connectivity index (χ1v) is 7.45. The highest BCUT2D eigenvalue weighted by Crippen LogP contribution is 2.31. The van der Waals surface area contributed by atoms with Gasteiger partial charge in [-0.15, -0.1) is 0 Å². The highest BCUT2D eigenvalue weighted by Gasteiger charge is 2.21. The molecule has 1 fully saturated rings. The van der Waals surface area contributed by atoms with E-state index in [1.165, 1.54) is 0 Å². The zero-order valence-electron chi connectivity index (χ0n) is 11.3. The Bertz CT molecular complexity index is 386. The number of hydrogen-bond donors (Lipinski definition) is 1. The number of rotatable bonds is 5. The van der Waals surface area contributed by atoms with E-state index in [0.29, 0.717) is 6.10 Å². The molecule has 0 amide bonds. The van der Waals surface area contributed by atoms with Crippen molar-refractivity contribution in [3.8, 4) is 0 Å². The molecule has 2 unspecified atom stereocenters. The van der Waals surface area contributed by atoms with E-state index in [1.807, 2.05) is 6.92 Å². The number of ether oxygens (including phenoxy) is 1. The number of aliphatic hydroxyl groups is 1. The third-order valence-corrected chi connectivity index (χ3v) is 4.69. The topological polar surface area (TPSA) is 45.6 Å². The van der Waals surface area contributed by atoms with Gasteiger partial charge in [-0.05, 0) is 33.6 Å². The van der Waals surface area contributed by atoms with Crippen molar-refractivity contribution in [2.75, 3.05) is 24.6 Å². The molecule has 0 spiro atoms. The first kappa shape index (κ1) is 13.8. The predicted molar refractivity (Wildman–Crippen MR) is 74.3 cm³/mol. The van der Waals surface area contributed by atoms with E-state index in [9.17, 15) is 5.11 Å². The van der Waals surface area contributed by atoms with Crippen molar-refractivity contribution in [3.63, 3.8) is 0 Å². The summed E-state index contributed by atoms with van der Waals surface area (Å²) < 4.78 is 5.68. The average molecular weight is 270 g/mol. The molecule has 1 aliphatic rings. The lowest BCUT2D eigenvalue weighted by Crippen LogP contribution is -2.31. The molecule has 1 aromatic heterocycles. The van der Waals surface area contributed by atoms with Gasteiger partial charge in [-0.25, -0.2) is 4.98 Å². The highest BCUT2D eigenvalue weighted by atomic mass is 32.1. The Kier molecular flexibility index (Phi) is 4.59. The molecule has 0 aliphatic carbocycles. The summed E-state index contributed by atoms with van der Waals surface area (Å²) in [5.74, 6) is 0. The summed E-state index contributed by atoms with van der Waals surface area (Å²) in [4.78, 5) is 7.79. The van der Waals surface area contributed by atoms with Gasteiger partial charge in [0.2, 0.25) is 0 Å². The van der Waals surface area contributed by atoms with Gasteiger partial charge in [0.05, 0.1) is 22.8 Å². The number of aliphatic hydroxyl groups excluding tert-OH is 1. The van der Waals surface area contributed by atoms with E-state index in [-0.39, 0.29) is 0 Å². The molecule has 0 bridgehead atoms. The Hall–Kier alpha value is -0.650. The van der Waals surface area contributed by atoms with Gasteiger partial charge in [0, 0.05) is 19.7 Å². The van der Waals surface area contributed by atoms with Crippen LogP contribution in [0.2, 0.25) is 0 Å². The molecule has 1 aromatic rings. The molecule has 5 heteroatoms. The largest absolute Gasteiger partial charge is 0.388 e. The maximum atomic E-state index is 9.68. The zero-order valence-corrected chi connectivity index (χ0v) is 12.2. The van der Waals surface area contributed by atoms with Gasteiger partial charge < -0.3 is 14.7 Å². The molecule has 0 radical (unpaired) electrons. The molecule has 18 heavy (non-hydrogen) atoms. The van der Waals surface area contributed by atoms with Crippen molar-refractivity contribution >= 4 is 16.5 Å². The molecule has 0 saturated carbocycles. The van der Waals surface area contributed by atoms with Crippen LogP contribution < -0.4 is 4.90 Å². The second-order valence-corrected chi connectivity index (χ2v) is 5.80. The summed E-state index contributed by atoms with van der Waals surface area (Å²) in [6, 6.07) is 0. The SMILES string of the molecule is CCN(CC1CCCO1)c1nc(C)c(C(C)O)s1. The van der Waals surface area contributed by atoms with Crippen molar-refractivity contribution in [1.82, 2.24) is 4.98 Å². The summed E-state index contributed by atoms with van der Waals surface area (Å²) in [6.45, 7) is 8.60. The first-order chi connectivity index (χ1) is 8.61. The van der Waals surface area contributed by atoms with Gasteiger partial charge in [0.25, 0.3) is 0 Å². The Morgan fingerprint density at radius 2 is 2.39 bits per heavy atom. The van der Waals surface area contributed by atoms with Gasteiger partial charge in [0.1, 0.15) is 0 Å². The van der Waals surface area contributed by atoms with E-state index in [0.717, 1.165) is 48.2 Å². The number of nitrogens with zero attached hydrogens (tertiary/aromatic N) is 2. The number of thiazole rings is 1. The van der Waals surface area contributed by atoms with Crippen molar-refractivity contribution in [2.45, 2.75) is 45.8 Å². The van der Waals surface area contributed by atoms with Gasteiger partial charge in [-0.3, -0.25) is 0 Å². The lowest BCUT2D eigenvalue weighted by atomic mass is 10.2. The molecule has 102 valence electrons. The molecule has 2 heterocycles. The minimum absolute atomic E-state index is 0.337. The summed E-state index contributed by atoms with van der Waals surface area (Å²) in [5.41, 5.74) is 0.941. The quantitative estimate of drug-likeness (QED) is 0.893. The number of aryl methyl sites for hydroxylation is 1. The fourth-order valence-corrected chi connectivity index (χ4v) is 3.37. The third-order valence-electron chi connectivity index (χ3n) is 3.30. The molecule has 2 rings (SSSR count). The van der Waals surface area contributed by atoms with Crippen LogP contribution in [0.3, 0.4) is 0 Å². The normalized spacial score (nSPS) is 21.2. The third kappa shape index (κ3) is 3.02. The lowest BCUT2D eigenvalue weighted by molar-refractivity contribution is 0.115. The van der Waals surface area contributed by atoms with Crippen LogP contribution in [0.15, 0.2) is 0 Å². The summed E-state index contributed by atoms with van der Waals surface area (Å²) in [6.07, 6.45) is 2.21. The Labute approximate surface area is 113 Å². The molecule has 4 nitrogen and oxygen atoms in total. The molecule has 1 aliphatic heterocycles. The van der Waals surface area contributed by atoms with Crippen LogP contribution in [0.4, 0.5) is 5.13 Å². The minimum atomic E-state index is -0.433. The second-order valence-electron chi connectivity index (χ2n) is 4.80. The van der Waals surface area contributed by atoms with Crippen LogP contribution in [0, 0.1) is 6.92 Å². The highest BCUT2D eigenvalue weighted by molar-refractivity contribution is 7.15. The van der Waals surface area contributed by atoms with Gasteiger partial charge in [-0.1, -0.05) is 11.3 Å². The van der Waals surface area contributed by atoms with Crippen LogP contribution in [0.25, 0.3) is 0 Å². The smallest absolute Gasteiger partial charge is 0.185 e. The van der Waals surface area contributed by atoms with Crippen molar-refractivity contribution in [3.05, 3.63) is 10.6 Å². The fraction of sp³-hybridized carbons (Fsp3) is 0.769. The van der Waals surface area contributed by atoms with E-state index in [1.54, 1.807) is 18.3 Å². The lowest BCUT2D eigenvalue weighted by Gasteiger charge is -2.23. The van der Waals surface area contributed by atoms with Crippen LogP contribution in [-0.4, -0.2) is 35.9 Å². The van der Waals surface area contributed by atoms with Crippen molar-refractivity contribution in [1.29, 1.82) is 0 Å². The standard InChI is InChI=1S/C13H22N2O2S/c1-4-15(8-11-6-5-7-17-11)13-14-9(2)12(18-13)10(3)16/h10-11,16H,4-8H2,1-3H3. The molecular formula is C13H22N2O2S. The molecule has 1 N–H and O–H groups in total. The molecule has 1 saturated heterocycles. The minimum Gasteiger partial charge on any atom is -0.388 e. The summed E-state index contributed by atoms with van der Waals surface area (Å²) >= 11 is 1.59. The van der Waals surface area contributed by atoms with E-state index in [4.69, 9.17) is 4.74 Å². The zero-order chi connectivity index (χ0) is 13.1. The van der Waals surface area contributed by atoms with E-state index < -0.39 is 6.10 Å². The fourth-order valence-electron chi connectivity index (χ4n) is 2.29. The first-order valence-electron chi connectivity index (χ1n) is 6.63. The predicted octanol–water partition coefficient (Wildman–Crippen LogP) is 2.51. The summed E-state index contributed by atoms with van der Waals surface area (Å²) in [5, 5.41) is 10.7. The van der Waals surface area contributed by atoms with Crippen molar-refractivity contribution in [2.24, 2.45) is 0 Å². The number of aromatic nitrogens is 1. The van der Waals surface area contributed by atoms with Crippen LogP contribution in [0.1, 0.15) is 43.4 Å². The Morgan fingerprint density at radius 1 is 1.61 bits per heavy atom.